The highest BCUT2D eigenvalue weighted by molar-refractivity contribution is 5.47. The minimum atomic E-state index is -0.151. The van der Waals surface area contributed by atoms with Crippen LogP contribution in [0.3, 0.4) is 0 Å². The maximum atomic E-state index is 13.0. The topological polar surface area (TPSA) is 12.0 Å². The molecule has 0 atom stereocenters. The SMILES string of the molecule is Cc1cc(F)cc(NC2CCC2)c1. The lowest BCUT2D eigenvalue weighted by Crippen LogP contribution is -2.26. The zero-order chi connectivity index (χ0) is 9.26. The van der Waals surface area contributed by atoms with Gasteiger partial charge in [0, 0.05) is 11.7 Å². The second kappa shape index (κ2) is 3.36. The molecule has 1 saturated carbocycles. The number of aryl methyl sites for hydroxylation is 1. The Hall–Kier alpha value is -1.05. The molecular weight excluding hydrogens is 165 g/mol. The highest BCUT2D eigenvalue weighted by atomic mass is 19.1. The van der Waals surface area contributed by atoms with E-state index in [0.29, 0.717) is 6.04 Å². The number of nitrogens with one attached hydrogen (secondary N) is 1. The van der Waals surface area contributed by atoms with Gasteiger partial charge >= 0.3 is 0 Å². The molecule has 2 heteroatoms. The van der Waals surface area contributed by atoms with Crippen molar-refractivity contribution in [2.45, 2.75) is 32.2 Å². The molecule has 0 radical (unpaired) electrons. The largest absolute Gasteiger partial charge is 0.382 e. The number of hydrogen-bond acceptors (Lipinski definition) is 1. The van der Waals surface area contributed by atoms with Gasteiger partial charge in [0.2, 0.25) is 0 Å². The summed E-state index contributed by atoms with van der Waals surface area (Å²) in [5.74, 6) is -0.151. The Balaban J connectivity index is 2.10. The van der Waals surface area contributed by atoms with Crippen LogP contribution in [0, 0.1) is 12.7 Å². The van der Waals surface area contributed by atoms with Gasteiger partial charge in [-0.2, -0.15) is 0 Å². The number of benzene rings is 1. The van der Waals surface area contributed by atoms with Crippen molar-refractivity contribution in [2.75, 3.05) is 5.32 Å². The molecule has 1 N–H and O–H groups in total. The maximum absolute atomic E-state index is 13.0. The van der Waals surface area contributed by atoms with Gasteiger partial charge in [-0.05, 0) is 49.9 Å². The first-order chi connectivity index (χ1) is 6.24. The third-order valence-corrected chi connectivity index (χ3v) is 2.52. The molecule has 0 spiro atoms. The van der Waals surface area contributed by atoms with Crippen LogP contribution in [0.25, 0.3) is 0 Å². The van der Waals surface area contributed by atoms with E-state index in [9.17, 15) is 4.39 Å². The summed E-state index contributed by atoms with van der Waals surface area (Å²) in [6.07, 6.45) is 3.73. The fourth-order valence-electron chi connectivity index (χ4n) is 1.61. The molecule has 0 amide bonds. The van der Waals surface area contributed by atoms with Gasteiger partial charge < -0.3 is 5.32 Å². The standard InChI is InChI=1S/C11H14FN/c1-8-5-9(12)7-11(6-8)13-10-3-2-4-10/h5-7,10,13H,2-4H2,1H3. The van der Waals surface area contributed by atoms with Crippen molar-refractivity contribution in [1.29, 1.82) is 0 Å². The normalized spacial score (nSPS) is 16.8. The number of anilines is 1. The van der Waals surface area contributed by atoms with Crippen LogP contribution in [-0.4, -0.2) is 6.04 Å². The minimum absolute atomic E-state index is 0.151. The molecule has 1 nitrogen and oxygen atoms in total. The van der Waals surface area contributed by atoms with E-state index in [1.807, 2.05) is 13.0 Å². The van der Waals surface area contributed by atoms with E-state index in [4.69, 9.17) is 0 Å². The third kappa shape index (κ3) is 2.00. The van der Waals surface area contributed by atoms with Gasteiger partial charge in [-0.25, -0.2) is 4.39 Å². The fourth-order valence-corrected chi connectivity index (χ4v) is 1.61. The van der Waals surface area contributed by atoms with Crippen LogP contribution < -0.4 is 5.32 Å². The summed E-state index contributed by atoms with van der Waals surface area (Å²) in [5, 5.41) is 3.32. The molecule has 1 aromatic rings. The van der Waals surface area contributed by atoms with Crippen LogP contribution in [0.5, 0.6) is 0 Å². The molecule has 2 rings (SSSR count). The Morgan fingerprint density at radius 1 is 1.31 bits per heavy atom. The summed E-state index contributed by atoms with van der Waals surface area (Å²) in [4.78, 5) is 0. The average molecular weight is 179 g/mol. The molecule has 0 unspecified atom stereocenters. The first kappa shape index (κ1) is 8.54. The van der Waals surface area contributed by atoms with E-state index >= 15 is 0 Å². The molecule has 0 heterocycles. The Morgan fingerprint density at radius 2 is 2.08 bits per heavy atom. The minimum Gasteiger partial charge on any atom is -0.382 e. The molecule has 70 valence electrons. The second-order valence-corrected chi connectivity index (χ2v) is 3.79. The van der Waals surface area contributed by atoms with Gasteiger partial charge in [-0.3, -0.25) is 0 Å². The number of halogens is 1. The Bertz CT molecular complexity index is 285. The van der Waals surface area contributed by atoms with Gasteiger partial charge in [0.25, 0.3) is 0 Å². The Kier molecular flexibility index (Phi) is 2.21. The highest BCUT2D eigenvalue weighted by Crippen LogP contribution is 2.24. The summed E-state index contributed by atoms with van der Waals surface area (Å²) < 4.78 is 13.0. The van der Waals surface area contributed by atoms with Crippen molar-refractivity contribution in [2.24, 2.45) is 0 Å². The molecule has 1 aromatic carbocycles. The molecule has 0 saturated heterocycles. The lowest BCUT2D eigenvalue weighted by atomic mass is 9.93. The molecule has 0 aromatic heterocycles. The van der Waals surface area contributed by atoms with E-state index in [1.54, 1.807) is 12.1 Å². The quantitative estimate of drug-likeness (QED) is 0.735. The number of rotatable bonds is 2. The van der Waals surface area contributed by atoms with Crippen molar-refractivity contribution >= 4 is 5.69 Å². The first-order valence-electron chi connectivity index (χ1n) is 4.78. The van der Waals surface area contributed by atoms with Crippen molar-refractivity contribution in [3.05, 3.63) is 29.6 Å². The first-order valence-corrected chi connectivity index (χ1v) is 4.78. The third-order valence-electron chi connectivity index (χ3n) is 2.52. The molecule has 1 aliphatic rings. The van der Waals surface area contributed by atoms with E-state index in [1.165, 1.54) is 19.3 Å². The molecule has 13 heavy (non-hydrogen) atoms. The fraction of sp³-hybridized carbons (Fsp3) is 0.455. The summed E-state index contributed by atoms with van der Waals surface area (Å²) in [7, 11) is 0. The van der Waals surface area contributed by atoms with Gasteiger partial charge in [0.15, 0.2) is 0 Å². The van der Waals surface area contributed by atoms with Crippen LogP contribution in [0.4, 0.5) is 10.1 Å². The molecule has 1 fully saturated rings. The summed E-state index contributed by atoms with van der Waals surface area (Å²) in [6.45, 7) is 1.91. The zero-order valence-corrected chi connectivity index (χ0v) is 7.81. The van der Waals surface area contributed by atoms with Crippen LogP contribution in [0.15, 0.2) is 18.2 Å². The summed E-state index contributed by atoms with van der Waals surface area (Å²) in [5.41, 5.74) is 1.89. The number of hydrogen-bond donors (Lipinski definition) is 1. The van der Waals surface area contributed by atoms with Crippen LogP contribution in [-0.2, 0) is 0 Å². The summed E-state index contributed by atoms with van der Waals surface area (Å²) >= 11 is 0. The lowest BCUT2D eigenvalue weighted by molar-refractivity contribution is 0.445. The van der Waals surface area contributed by atoms with Crippen molar-refractivity contribution in [3.8, 4) is 0 Å². The van der Waals surface area contributed by atoms with Crippen molar-refractivity contribution in [1.82, 2.24) is 0 Å². The molecule has 1 aliphatic carbocycles. The van der Waals surface area contributed by atoms with Crippen LogP contribution in [0.1, 0.15) is 24.8 Å². The lowest BCUT2D eigenvalue weighted by Gasteiger charge is -2.27. The Labute approximate surface area is 78.0 Å². The maximum Gasteiger partial charge on any atom is 0.125 e. The van der Waals surface area contributed by atoms with Crippen molar-refractivity contribution < 1.29 is 4.39 Å². The van der Waals surface area contributed by atoms with E-state index < -0.39 is 0 Å². The molecule has 0 bridgehead atoms. The van der Waals surface area contributed by atoms with Gasteiger partial charge in [0.1, 0.15) is 5.82 Å². The highest BCUT2D eigenvalue weighted by Gasteiger charge is 2.16. The monoisotopic (exact) mass is 179 g/mol. The zero-order valence-electron chi connectivity index (χ0n) is 7.81. The second-order valence-electron chi connectivity index (χ2n) is 3.79. The van der Waals surface area contributed by atoms with Crippen LogP contribution in [0.2, 0.25) is 0 Å². The molecule has 0 aliphatic heterocycles. The predicted molar refractivity (Wildman–Crippen MR) is 52.4 cm³/mol. The van der Waals surface area contributed by atoms with Gasteiger partial charge in [0.05, 0.1) is 0 Å². The van der Waals surface area contributed by atoms with Crippen LogP contribution >= 0.6 is 0 Å². The smallest absolute Gasteiger partial charge is 0.125 e. The van der Waals surface area contributed by atoms with Gasteiger partial charge in [-0.15, -0.1) is 0 Å². The van der Waals surface area contributed by atoms with Gasteiger partial charge in [-0.1, -0.05) is 0 Å². The van der Waals surface area contributed by atoms with E-state index in [-0.39, 0.29) is 5.82 Å². The van der Waals surface area contributed by atoms with E-state index in [0.717, 1.165) is 11.3 Å². The Morgan fingerprint density at radius 3 is 2.62 bits per heavy atom. The molecular formula is C11H14FN. The summed E-state index contributed by atoms with van der Waals surface area (Å²) in [6, 6.07) is 5.67. The van der Waals surface area contributed by atoms with E-state index in [2.05, 4.69) is 5.32 Å². The predicted octanol–water partition coefficient (Wildman–Crippen LogP) is 3.10. The average Bonchev–Trinajstić information content (AvgIpc) is 1.95. The van der Waals surface area contributed by atoms with Crippen molar-refractivity contribution in [3.63, 3.8) is 0 Å².